The molecule has 96 valence electrons. The van der Waals surface area contributed by atoms with Crippen molar-refractivity contribution in [3.8, 4) is 0 Å². The Labute approximate surface area is 114 Å². The van der Waals surface area contributed by atoms with Gasteiger partial charge in [0.05, 0.1) is 0 Å². The van der Waals surface area contributed by atoms with Crippen LogP contribution in [0.3, 0.4) is 0 Å². The molecule has 3 rings (SSSR count). The van der Waals surface area contributed by atoms with Gasteiger partial charge < -0.3 is 5.32 Å². The Morgan fingerprint density at radius 1 is 1.32 bits per heavy atom. The molecule has 0 aliphatic carbocycles. The first kappa shape index (κ1) is 11.9. The van der Waals surface area contributed by atoms with Crippen molar-refractivity contribution in [3.63, 3.8) is 0 Å². The summed E-state index contributed by atoms with van der Waals surface area (Å²) in [5, 5.41) is 4.73. The largest absolute Gasteiger partial charge is 0.321 e. The highest BCUT2D eigenvalue weighted by Gasteiger charge is 2.12. The summed E-state index contributed by atoms with van der Waals surface area (Å²) in [6.45, 7) is 4.08. The van der Waals surface area contributed by atoms with Crippen molar-refractivity contribution in [2.45, 2.75) is 13.8 Å². The Kier molecular flexibility index (Phi) is 2.83. The quantitative estimate of drug-likeness (QED) is 0.777. The standard InChI is InChI=1S/C14H13N3OS/c1-9-3-4-11(7-10(9)2)16-13(18)12-8-19-14-15-5-6-17(12)14/h3-8H,1-2H3,(H,16,18). The fourth-order valence-electron chi connectivity index (χ4n) is 1.90. The van der Waals surface area contributed by atoms with Gasteiger partial charge in [0.2, 0.25) is 0 Å². The molecule has 5 heteroatoms. The van der Waals surface area contributed by atoms with E-state index in [4.69, 9.17) is 0 Å². The SMILES string of the molecule is Cc1ccc(NC(=O)c2csc3nccn23)cc1C. The summed E-state index contributed by atoms with van der Waals surface area (Å²) in [6, 6.07) is 5.90. The van der Waals surface area contributed by atoms with Gasteiger partial charge in [-0.15, -0.1) is 11.3 Å². The molecule has 1 N–H and O–H groups in total. The molecule has 0 aliphatic heterocycles. The van der Waals surface area contributed by atoms with E-state index in [9.17, 15) is 4.79 Å². The number of aryl methyl sites for hydroxylation is 2. The number of benzene rings is 1. The summed E-state index contributed by atoms with van der Waals surface area (Å²) in [7, 11) is 0. The summed E-state index contributed by atoms with van der Waals surface area (Å²) >= 11 is 1.46. The number of amides is 1. The van der Waals surface area contributed by atoms with Crippen molar-refractivity contribution in [3.05, 3.63) is 52.8 Å². The van der Waals surface area contributed by atoms with Crippen LogP contribution in [0.2, 0.25) is 0 Å². The minimum atomic E-state index is -0.118. The van der Waals surface area contributed by atoms with Gasteiger partial charge in [0, 0.05) is 23.5 Å². The number of carbonyl (C=O) groups is 1. The summed E-state index contributed by atoms with van der Waals surface area (Å²) in [6.07, 6.45) is 3.49. The molecular weight excluding hydrogens is 258 g/mol. The van der Waals surface area contributed by atoms with Crippen LogP contribution in [0.5, 0.6) is 0 Å². The Balaban J connectivity index is 1.89. The molecule has 2 heterocycles. The van der Waals surface area contributed by atoms with Gasteiger partial charge in [0.15, 0.2) is 4.96 Å². The number of thiazole rings is 1. The molecule has 0 radical (unpaired) electrons. The maximum atomic E-state index is 12.2. The average molecular weight is 271 g/mol. The first-order valence-corrected chi connectivity index (χ1v) is 6.82. The van der Waals surface area contributed by atoms with Gasteiger partial charge in [-0.3, -0.25) is 9.20 Å². The van der Waals surface area contributed by atoms with Crippen molar-refractivity contribution in [1.82, 2.24) is 9.38 Å². The summed E-state index contributed by atoms with van der Waals surface area (Å²) in [4.78, 5) is 17.2. The summed E-state index contributed by atoms with van der Waals surface area (Å²) in [5.74, 6) is -0.118. The molecule has 0 atom stereocenters. The van der Waals surface area contributed by atoms with Gasteiger partial charge in [-0.05, 0) is 37.1 Å². The topological polar surface area (TPSA) is 46.4 Å². The third-order valence-corrected chi connectivity index (χ3v) is 3.99. The number of aromatic nitrogens is 2. The molecule has 4 nitrogen and oxygen atoms in total. The van der Waals surface area contributed by atoms with Crippen LogP contribution in [0.4, 0.5) is 5.69 Å². The zero-order valence-electron chi connectivity index (χ0n) is 10.7. The molecule has 3 aromatic rings. The van der Waals surface area contributed by atoms with Crippen molar-refractivity contribution >= 4 is 27.9 Å². The highest BCUT2D eigenvalue weighted by atomic mass is 32.1. The molecule has 0 aliphatic rings. The van der Waals surface area contributed by atoms with Gasteiger partial charge in [0.1, 0.15) is 5.69 Å². The van der Waals surface area contributed by atoms with Crippen LogP contribution in [0.15, 0.2) is 36.0 Å². The van der Waals surface area contributed by atoms with Crippen molar-refractivity contribution in [2.24, 2.45) is 0 Å². The average Bonchev–Trinajstić information content (AvgIpc) is 2.95. The molecule has 0 unspecified atom stereocenters. The first-order chi connectivity index (χ1) is 9.15. The second kappa shape index (κ2) is 4.51. The van der Waals surface area contributed by atoms with Crippen LogP contribution in [0, 0.1) is 13.8 Å². The zero-order valence-corrected chi connectivity index (χ0v) is 11.5. The molecule has 1 amide bonds. The number of hydrogen-bond acceptors (Lipinski definition) is 3. The monoisotopic (exact) mass is 271 g/mol. The lowest BCUT2D eigenvalue weighted by molar-refractivity contribution is 0.102. The predicted octanol–water partition coefficient (Wildman–Crippen LogP) is 3.26. The number of carbonyl (C=O) groups excluding carboxylic acids is 1. The lowest BCUT2D eigenvalue weighted by atomic mass is 10.1. The Morgan fingerprint density at radius 3 is 2.95 bits per heavy atom. The number of nitrogens with zero attached hydrogens (tertiary/aromatic N) is 2. The molecule has 0 saturated heterocycles. The molecule has 0 bridgehead atoms. The molecule has 19 heavy (non-hydrogen) atoms. The number of rotatable bonds is 2. The predicted molar refractivity (Wildman–Crippen MR) is 76.9 cm³/mol. The Hall–Kier alpha value is -2.14. The highest BCUT2D eigenvalue weighted by Crippen LogP contribution is 2.18. The Bertz CT molecular complexity index is 757. The van der Waals surface area contributed by atoms with Crippen molar-refractivity contribution in [1.29, 1.82) is 0 Å². The minimum absolute atomic E-state index is 0.118. The summed E-state index contributed by atoms with van der Waals surface area (Å²) in [5.41, 5.74) is 3.80. The van der Waals surface area contributed by atoms with E-state index in [0.29, 0.717) is 5.69 Å². The smallest absolute Gasteiger partial charge is 0.273 e. The maximum Gasteiger partial charge on any atom is 0.273 e. The maximum absolute atomic E-state index is 12.2. The second-order valence-corrected chi connectivity index (χ2v) is 5.29. The number of anilines is 1. The van der Waals surface area contributed by atoms with Crippen LogP contribution < -0.4 is 5.32 Å². The van der Waals surface area contributed by atoms with Gasteiger partial charge in [-0.25, -0.2) is 4.98 Å². The van der Waals surface area contributed by atoms with Crippen molar-refractivity contribution in [2.75, 3.05) is 5.32 Å². The number of fused-ring (bicyclic) bond motifs is 1. The lowest BCUT2D eigenvalue weighted by Crippen LogP contribution is -2.13. The van der Waals surface area contributed by atoms with Crippen LogP contribution in [0.25, 0.3) is 4.96 Å². The van der Waals surface area contributed by atoms with E-state index in [0.717, 1.165) is 16.2 Å². The molecule has 0 fully saturated rings. The zero-order chi connectivity index (χ0) is 13.4. The third kappa shape index (κ3) is 2.13. The molecule has 0 saturated carbocycles. The third-order valence-electron chi connectivity index (χ3n) is 3.14. The molecule has 1 aromatic carbocycles. The van der Waals surface area contributed by atoms with Gasteiger partial charge in [0.25, 0.3) is 5.91 Å². The number of nitrogens with one attached hydrogen (secondary N) is 1. The van der Waals surface area contributed by atoms with Gasteiger partial charge in [-0.2, -0.15) is 0 Å². The second-order valence-electron chi connectivity index (χ2n) is 4.45. The highest BCUT2D eigenvalue weighted by molar-refractivity contribution is 7.15. The molecule has 0 spiro atoms. The minimum Gasteiger partial charge on any atom is -0.321 e. The van der Waals surface area contributed by atoms with Crippen LogP contribution in [-0.4, -0.2) is 15.3 Å². The first-order valence-electron chi connectivity index (χ1n) is 5.94. The van der Waals surface area contributed by atoms with Crippen LogP contribution in [-0.2, 0) is 0 Å². The van der Waals surface area contributed by atoms with E-state index >= 15 is 0 Å². The summed E-state index contributed by atoms with van der Waals surface area (Å²) < 4.78 is 1.79. The van der Waals surface area contributed by atoms with Gasteiger partial charge in [-0.1, -0.05) is 6.07 Å². The fraction of sp³-hybridized carbons (Fsp3) is 0.143. The van der Waals surface area contributed by atoms with Crippen LogP contribution >= 0.6 is 11.3 Å². The van der Waals surface area contributed by atoms with E-state index in [1.165, 1.54) is 16.9 Å². The van der Waals surface area contributed by atoms with E-state index < -0.39 is 0 Å². The van der Waals surface area contributed by atoms with E-state index in [-0.39, 0.29) is 5.91 Å². The molecule has 2 aromatic heterocycles. The lowest BCUT2D eigenvalue weighted by Gasteiger charge is -2.07. The van der Waals surface area contributed by atoms with Gasteiger partial charge >= 0.3 is 0 Å². The van der Waals surface area contributed by atoms with E-state index in [1.807, 2.05) is 30.5 Å². The van der Waals surface area contributed by atoms with E-state index in [1.54, 1.807) is 16.8 Å². The van der Waals surface area contributed by atoms with E-state index in [2.05, 4.69) is 17.2 Å². The number of hydrogen-bond donors (Lipinski definition) is 1. The number of imidazole rings is 1. The molecular formula is C14H13N3OS. The van der Waals surface area contributed by atoms with Crippen LogP contribution in [0.1, 0.15) is 21.6 Å². The Morgan fingerprint density at radius 2 is 2.16 bits per heavy atom. The van der Waals surface area contributed by atoms with Crippen molar-refractivity contribution < 1.29 is 4.79 Å². The normalized spacial score (nSPS) is 10.8. The fourth-order valence-corrected chi connectivity index (χ4v) is 2.73.